The van der Waals surface area contributed by atoms with Crippen molar-refractivity contribution in [1.29, 1.82) is 0 Å². The van der Waals surface area contributed by atoms with Gasteiger partial charge in [0.05, 0.1) is 0 Å². The Bertz CT molecular complexity index is 807. The molecule has 0 saturated carbocycles. The molecule has 1 aliphatic rings. The van der Waals surface area contributed by atoms with Crippen molar-refractivity contribution in [3.63, 3.8) is 0 Å². The zero-order chi connectivity index (χ0) is 13.5. The van der Waals surface area contributed by atoms with Gasteiger partial charge in [-0.2, -0.15) is 0 Å². The van der Waals surface area contributed by atoms with Gasteiger partial charge in [-0.15, -0.1) is 0 Å². The Morgan fingerprint density at radius 1 is 1.00 bits per heavy atom. The Labute approximate surface area is 119 Å². The van der Waals surface area contributed by atoms with E-state index >= 15 is 0 Å². The quantitative estimate of drug-likeness (QED) is 0.673. The van der Waals surface area contributed by atoms with Gasteiger partial charge < -0.3 is 4.98 Å². The van der Waals surface area contributed by atoms with Gasteiger partial charge in [0.1, 0.15) is 0 Å². The molecule has 0 spiro atoms. The molecule has 1 heteroatoms. The van der Waals surface area contributed by atoms with E-state index in [0.29, 0.717) is 5.92 Å². The highest BCUT2D eigenvalue weighted by Crippen LogP contribution is 2.37. The van der Waals surface area contributed by atoms with E-state index in [9.17, 15) is 0 Å². The lowest BCUT2D eigenvalue weighted by molar-refractivity contribution is 0.878. The topological polar surface area (TPSA) is 15.8 Å². The number of hydrogen-bond acceptors (Lipinski definition) is 0. The summed E-state index contributed by atoms with van der Waals surface area (Å²) in [6.07, 6.45) is 5.61. The normalized spacial score (nSPS) is 15.2. The molecule has 0 amide bonds. The van der Waals surface area contributed by atoms with Crippen molar-refractivity contribution in [2.45, 2.75) is 19.3 Å². The van der Waals surface area contributed by atoms with E-state index in [1.54, 1.807) is 0 Å². The molecule has 98 valence electrons. The second-order valence-corrected chi connectivity index (χ2v) is 5.61. The van der Waals surface area contributed by atoms with Crippen molar-refractivity contribution in [1.82, 2.24) is 4.98 Å². The summed E-state index contributed by atoms with van der Waals surface area (Å²) < 4.78 is 0. The highest BCUT2D eigenvalue weighted by Gasteiger charge is 2.20. The third kappa shape index (κ3) is 1.70. The third-order valence-corrected chi connectivity index (χ3v) is 4.43. The number of benzene rings is 2. The van der Waals surface area contributed by atoms with Crippen LogP contribution in [0.2, 0.25) is 0 Å². The predicted molar refractivity (Wildman–Crippen MR) is 84.8 cm³/mol. The van der Waals surface area contributed by atoms with Crippen LogP contribution in [0.4, 0.5) is 0 Å². The number of hydrogen-bond donors (Lipinski definition) is 1. The lowest BCUT2D eigenvalue weighted by Crippen LogP contribution is -1.97. The first-order valence-corrected chi connectivity index (χ1v) is 7.17. The van der Waals surface area contributed by atoms with Crippen LogP contribution in [0.3, 0.4) is 0 Å². The fraction of sp³-hybridized carbons (Fsp3) is 0.158. The summed E-state index contributed by atoms with van der Waals surface area (Å²) in [4.78, 5) is 3.39. The van der Waals surface area contributed by atoms with Crippen LogP contribution in [-0.4, -0.2) is 4.98 Å². The first kappa shape index (κ1) is 11.5. The van der Waals surface area contributed by atoms with Crippen molar-refractivity contribution in [3.05, 3.63) is 77.0 Å². The SMILES string of the molecule is CC(C1=Cc2ccccc2C1)c1c[nH]c2ccccc12. The molecule has 0 saturated heterocycles. The molecule has 1 aliphatic carbocycles. The van der Waals surface area contributed by atoms with Gasteiger partial charge in [0.2, 0.25) is 0 Å². The van der Waals surface area contributed by atoms with Gasteiger partial charge in [-0.25, -0.2) is 0 Å². The zero-order valence-electron chi connectivity index (χ0n) is 11.6. The van der Waals surface area contributed by atoms with E-state index in [2.05, 4.69) is 72.7 Å². The number of allylic oxidation sites excluding steroid dienone is 1. The fourth-order valence-corrected chi connectivity index (χ4v) is 3.24. The fourth-order valence-electron chi connectivity index (χ4n) is 3.24. The molecule has 0 radical (unpaired) electrons. The van der Waals surface area contributed by atoms with E-state index in [1.165, 1.54) is 33.2 Å². The Morgan fingerprint density at radius 2 is 1.80 bits per heavy atom. The summed E-state index contributed by atoms with van der Waals surface area (Å²) >= 11 is 0. The van der Waals surface area contributed by atoms with E-state index in [0.717, 1.165) is 6.42 Å². The summed E-state index contributed by atoms with van der Waals surface area (Å²) in [6, 6.07) is 17.2. The Kier molecular flexibility index (Phi) is 2.53. The van der Waals surface area contributed by atoms with Crippen LogP contribution in [0, 0.1) is 0 Å². The maximum atomic E-state index is 3.39. The van der Waals surface area contributed by atoms with Gasteiger partial charge in [0, 0.05) is 23.0 Å². The number of nitrogens with one attached hydrogen (secondary N) is 1. The first-order valence-electron chi connectivity index (χ1n) is 7.17. The molecule has 1 atom stereocenters. The third-order valence-electron chi connectivity index (χ3n) is 4.43. The predicted octanol–water partition coefficient (Wildman–Crippen LogP) is 4.91. The highest BCUT2D eigenvalue weighted by atomic mass is 14.7. The van der Waals surface area contributed by atoms with Crippen molar-refractivity contribution in [2.24, 2.45) is 0 Å². The van der Waals surface area contributed by atoms with Crippen molar-refractivity contribution < 1.29 is 0 Å². The minimum atomic E-state index is 0.457. The molecule has 4 rings (SSSR count). The molecule has 2 aromatic carbocycles. The van der Waals surface area contributed by atoms with E-state index < -0.39 is 0 Å². The minimum absolute atomic E-state index is 0.457. The molecule has 20 heavy (non-hydrogen) atoms. The maximum absolute atomic E-state index is 3.39. The summed E-state index contributed by atoms with van der Waals surface area (Å²) in [7, 11) is 0. The number of rotatable bonds is 2. The lowest BCUT2D eigenvalue weighted by Gasteiger charge is -2.12. The number of H-pyrrole nitrogens is 1. The van der Waals surface area contributed by atoms with Crippen LogP contribution >= 0.6 is 0 Å². The van der Waals surface area contributed by atoms with Crippen LogP contribution in [0.15, 0.2) is 60.3 Å². The van der Waals surface area contributed by atoms with Gasteiger partial charge in [0.15, 0.2) is 0 Å². The number of fused-ring (bicyclic) bond motifs is 2. The molecule has 1 nitrogen and oxygen atoms in total. The molecular formula is C19H17N. The van der Waals surface area contributed by atoms with E-state index in [-0.39, 0.29) is 0 Å². The second-order valence-electron chi connectivity index (χ2n) is 5.61. The molecule has 3 aromatic rings. The van der Waals surface area contributed by atoms with Crippen molar-refractivity contribution >= 4 is 17.0 Å². The minimum Gasteiger partial charge on any atom is -0.361 e. The molecule has 0 fully saturated rings. The lowest BCUT2D eigenvalue weighted by atomic mass is 9.91. The van der Waals surface area contributed by atoms with Crippen LogP contribution in [0.1, 0.15) is 29.5 Å². The summed E-state index contributed by atoms with van der Waals surface area (Å²) in [5, 5.41) is 1.34. The summed E-state index contributed by atoms with van der Waals surface area (Å²) in [5.41, 5.74) is 6.98. The molecule has 0 bridgehead atoms. The molecule has 1 unspecified atom stereocenters. The van der Waals surface area contributed by atoms with E-state index in [1.807, 2.05) is 0 Å². The van der Waals surface area contributed by atoms with Crippen molar-refractivity contribution in [2.75, 3.05) is 0 Å². The zero-order valence-corrected chi connectivity index (χ0v) is 11.6. The monoisotopic (exact) mass is 259 g/mol. The van der Waals surface area contributed by atoms with Gasteiger partial charge in [-0.3, -0.25) is 0 Å². The average Bonchev–Trinajstić information content (AvgIpc) is 3.10. The van der Waals surface area contributed by atoms with Crippen molar-refractivity contribution in [3.8, 4) is 0 Å². The Morgan fingerprint density at radius 3 is 2.70 bits per heavy atom. The Hall–Kier alpha value is -2.28. The molecule has 1 heterocycles. The standard InChI is InChI=1S/C19H17N/c1-13(16-10-14-6-2-3-7-15(14)11-16)18-12-20-19-9-5-4-8-17(18)19/h2-10,12-13,20H,11H2,1H3. The number of para-hydroxylation sites is 1. The second kappa shape index (κ2) is 4.38. The molecular weight excluding hydrogens is 242 g/mol. The van der Waals surface area contributed by atoms with Gasteiger partial charge in [-0.05, 0) is 29.2 Å². The van der Waals surface area contributed by atoms with E-state index in [4.69, 9.17) is 0 Å². The van der Waals surface area contributed by atoms with Crippen LogP contribution in [0.5, 0.6) is 0 Å². The van der Waals surface area contributed by atoms with Crippen LogP contribution in [0.25, 0.3) is 17.0 Å². The van der Waals surface area contributed by atoms with Gasteiger partial charge in [0.25, 0.3) is 0 Å². The summed E-state index contributed by atoms with van der Waals surface area (Å²) in [5.74, 6) is 0.457. The van der Waals surface area contributed by atoms with Crippen LogP contribution in [-0.2, 0) is 6.42 Å². The average molecular weight is 259 g/mol. The largest absolute Gasteiger partial charge is 0.361 e. The first-order chi connectivity index (χ1) is 9.83. The van der Waals surface area contributed by atoms with Gasteiger partial charge in [-0.1, -0.05) is 61.0 Å². The summed E-state index contributed by atoms with van der Waals surface area (Å²) in [6.45, 7) is 2.31. The van der Waals surface area contributed by atoms with Gasteiger partial charge >= 0.3 is 0 Å². The molecule has 1 aromatic heterocycles. The van der Waals surface area contributed by atoms with Crippen LogP contribution < -0.4 is 0 Å². The number of aromatic amines is 1. The molecule has 0 aliphatic heterocycles. The number of aromatic nitrogens is 1. The highest BCUT2D eigenvalue weighted by molar-refractivity contribution is 5.84. The maximum Gasteiger partial charge on any atom is 0.0457 e. The Balaban J connectivity index is 1.74. The molecule has 1 N–H and O–H groups in total. The smallest absolute Gasteiger partial charge is 0.0457 e.